The number of pyridine rings is 2. The molecule has 0 unspecified atom stereocenters. The number of hydrogen-bond acceptors (Lipinski definition) is 9. The number of aliphatic hydroxyl groups is 1. The Bertz CT molecular complexity index is 1490. The van der Waals surface area contributed by atoms with Gasteiger partial charge in [0.2, 0.25) is 10.0 Å². The molecule has 0 spiro atoms. The van der Waals surface area contributed by atoms with Gasteiger partial charge in [0, 0.05) is 23.9 Å². The number of anilines is 3. The zero-order chi connectivity index (χ0) is 25.7. The Morgan fingerprint density at radius 1 is 1.06 bits per heavy atom. The highest BCUT2D eigenvalue weighted by atomic mass is 32.2. The van der Waals surface area contributed by atoms with Crippen LogP contribution in [0.2, 0.25) is 0 Å². The van der Waals surface area contributed by atoms with Gasteiger partial charge in [-0.1, -0.05) is 6.07 Å². The van der Waals surface area contributed by atoms with Gasteiger partial charge in [-0.2, -0.15) is 0 Å². The molecule has 4 rings (SSSR count). The smallest absolute Gasteiger partial charge is 0.232 e. The average Bonchev–Trinajstić information content (AvgIpc) is 2.87. The molecule has 3 aromatic heterocycles. The van der Waals surface area contributed by atoms with Crippen LogP contribution in [0.5, 0.6) is 0 Å². The fraction of sp³-hybridized carbons (Fsp3) is 0.217. The number of fused-ring (bicyclic) bond motifs is 1. The lowest BCUT2D eigenvalue weighted by atomic mass is 10.1. The van der Waals surface area contributed by atoms with Gasteiger partial charge in [0.05, 0.1) is 35.9 Å². The molecule has 0 radical (unpaired) electrons. The number of nitrogen functional groups attached to an aromatic ring is 1. The predicted octanol–water partition coefficient (Wildman–Crippen LogP) is 2.98. The summed E-state index contributed by atoms with van der Waals surface area (Å²) in [6.07, 6.45) is 1.38. The third-order valence-corrected chi connectivity index (χ3v) is 6.45. The Morgan fingerprint density at radius 3 is 2.61 bits per heavy atom. The number of aromatic nitrogens is 4. The lowest BCUT2D eigenvalue weighted by Crippen LogP contribution is -2.18. The fourth-order valence-electron chi connectivity index (χ4n) is 3.40. The predicted molar refractivity (Wildman–Crippen MR) is 134 cm³/mol. The maximum atomic E-state index is 15.2. The minimum Gasteiger partial charge on any atom is -0.395 e. The van der Waals surface area contributed by atoms with Crippen molar-refractivity contribution >= 4 is 38.4 Å². The van der Waals surface area contributed by atoms with Crippen molar-refractivity contribution in [3.8, 4) is 22.6 Å². The van der Waals surface area contributed by atoms with Gasteiger partial charge in [0.25, 0.3) is 0 Å². The van der Waals surface area contributed by atoms with E-state index in [4.69, 9.17) is 10.8 Å². The van der Waals surface area contributed by atoms with Gasteiger partial charge < -0.3 is 16.2 Å². The first kappa shape index (κ1) is 25.1. The molecule has 0 aliphatic carbocycles. The molecule has 5 N–H and O–H groups in total. The second kappa shape index (κ2) is 10.7. The Morgan fingerprint density at radius 2 is 1.89 bits per heavy atom. The second-order valence-electron chi connectivity index (χ2n) is 7.71. The number of hydrogen-bond donors (Lipinski definition) is 4. The monoisotopic (exact) mass is 515 g/mol. The van der Waals surface area contributed by atoms with Gasteiger partial charge >= 0.3 is 0 Å². The number of nitrogens with zero attached hydrogens (tertiary/aromatic N) is 4. The summed E-state index contributed by atoms with van der Waals surface area (Å²) in [6, 6.07) is 10.8. The van der Waals surface area contributed by atoms with Crippen LogP contribution in [-0.4, -0.2) is 59.0 Å². The number of aliphatic hydroxyl groups excluding tert-OH is 1. The lowest BCUT2D eigenvalue weighted by molar-refractivity contribution is 0.311. The summed E-state index contributed by atoms with van der Waals surface area (Å²) < 4.78 is 53.8. The number of alkyl halides is 1. The van der Waals surface area contributed by atoms with Crippen LogP contribution in [-0.2, 0) is 10.0 Å². The van der Waals surface area contributed by atoms with Crippen LogP contribution in [0.3, 0.4) is 0 Å². The molecule has 0 atom stereocenters. The quantitative estimate of drug-likeness (QED) is 0.249. The summed E-state index contributed by atoms with van der Waals surface area (Å²) in [7, 11) is -3.91. The maximum Gasteiger partial charge on any atom is 0.232 e. The van der Waals surface area contributed by atoms with Crippen molar-refractivity contribution in [2.45, 2.75) is 6.42 Å². The van der Waals surface area contributed by atoms with Crippen LogP contribution in [0, 0.1) is 5.82 Å². The third-order valence-electron chi connectivity index (χ3n) is 5.10. The first-order valence-electron chi connectivity index (χ1n) is 10.9. The van der Waals surface area contributed by atoms with E-state index in [1.807, 2.05) is 0 Å². The molecule has 36 heavy (non-hydrogen) atoms. The summed E-state index contributed by atoms with van der Waals surface area (Å²) in [5, 5.41) is 11.8. The number of nitrogens with one attached hydrogen (secondary N) is 2. The minimum atomic E-state index is -3.91. The number of nitrogens with two attached hydrogens (primary N) is 1. The molecule has 0 aliphatic rings. The molecule has 0 saturated heterocycles. The van der Waals surface area contributed by atoms with Crippen LogP contribution in [0.15, 0.2) is 48.7 Å². The maximum absolute atomic E-state index is 15.2. The van der Waals surface area contributed by atoms with Crippen molar-refractivity contribution < 1.29 is 22.3 Å². The molecule has 0 amide bonds. The SMILES string of the molecule is Nc1nc(-c2ccc(NCCO)nc2)nc2ccc(-c3cccc(NS(=O)(=O)CCCF)c3F)nc12. The summed E-state index contributed by atoms with van der Waals surface area (Å²) in [6.45, 7) is -0.444. The molecule has 0 fully saturated rings. The number of benzene rings is 1. The van der Waals surface area contributed by atoms with Gasteiger partial charge in [-0.25, -0.2) is 32.7 Å². The van der Waals surface area contributed by atoms with Crippen molar-refractivity contribution in [2.75, 3.05) is 41.4 Å². The topological polar surface area (TPSA) is 156 Å². The Kier molecular flexibility index (Phi) is 7.50. The van der Waals surface area contributed by atoms with E-state index in [0.29, 0.717) is 29.3 Å². The molecule has 188 valence electrons. The Balaban J connectivity index is 1.65. The first-order chi connectivity index (χ1) is 17.3. The zero-order valence-corrected chi connectivity index (χ0v) is 19.8. The first-order valence-corrected chi connectivity index (χ1v) is 12.6. The molecule has 0 bridgehead atoms. The van der Waals surface area contributed by atoms with Crippen LogP contribution in [0.4, 0.5) is 26.1 Å². The molecule has 0 saturated carbocycles. The van der Waals surface area contributed by atoms with Gasteiger partial charge in [0.1, 0.15) is 11.3 Å². The standard InChI is InChI=1S/C23H23F2N7O3S/c24-9-2-12-36(34,35)32-17-4-1-3-15(20(17)25)16-6-7-18-21(29-16)22(26)31-23(30-18)14-5-8-19(28-13-14)27-10-11-33/h1,3-8,13,32-33H,2,9-12H2,(H,27,28)(H2,26,30,31). The van der Waals surface area contributed by atoms with E-state index < -0.39 is 28.3 Å². The number of halogens is 2. The van der Waals surface area contributed by atoms with Crippen molar-refractivity contribution in [3.63, 3.8) is 0 Å². The van der Waals surface area contributed by atoms with Crippen LogP contribution >= 0.6 is 0 Å². The number of rotatable bonds is 10. The van der Waals surface area contributed by atoms with E-state index in [0.717, 1.165) is 0 Å². The average molecular weight is 516 g/mol. The van der Waals surface area contributed by atoms with Crippen molar-refractivity contribution in [1.82, 2.24) is 19.9 Å². The van der Waals surface area contributed by atoms with E-state index in [-0.39, 0.29) is 41.3 Å². The van der Waals surface area contributed by atoms with E-state index in [1.165, 1.54) is 18.2 Å². The highest BCUT2D eigenvalue weighted by molar-refractivity contribution is 7.92. The number of sulfonamides is 1. The van der Waals surface area contributed by atoms with Crippen LogP contribution in [0.1, 0.15) is 6.42 Å². The summed E-state index contributed by atoms with van der Waals surface area (Å²) in [4.78, 5) is 17.4. The molecular formula is C23H23F2N7O3S. The minimum absolute atomic E-state index is 0.0208. The van der Waals surface area contributed by atoms with Crippen molar-refractivity contribution in [3.05, 3.63) is 54.5 Å². The fourth-order valence-corrected chi connectivity index (χ4v) is 4.49. The Labute approximate surface area is 205 Å². The van der Waals surface area contributed by atoms with Gasteiger partial charge in [-0.3, -0.25) is 9.11 Å². The zero-order valence-electron chi connectivity index (χ0n) is 18.9. The largest absolute Gasteiger partial charge is 0.395 e. The lowest BCUT2D eigenvalue weighted by Gasteiger charge is -2.12. The second-order valence-corrected chi connectivity index (χ2v) is 9.55. The molecule has 0 aliphatic heterocycles. The summed E-state index contributed by atoms with van der Waals surface area (Å²) in [5.74, 6) is -0.309. The summed E-state index contributed by atoms with van der Waals surface area (Å²) in [5.41, 5.74) is 7.41. The molecular weight excluding hydrogens is 492 g/mol. The van der Waals surface area contributed by atoms with E-state index in [2.05, 4.69) is 30.0 Å². The van der Waals surface area contributed by atoms with Gasteiger partial charge in [-0.05, 0) is 42.8 Å². The Hall–Kier alpha value is -3.97. The van der Waals surface area contributed by atoms with Crippen LogP contribution < -0.4 is 15.8 Å². The summed E-state index contributed by atoms with van der Waals surface area (Å²) >= 11 is 0. The highest BCUT2D eigenvalue weighted by Crippen LogP contribution is 2.30. The normalized spacial score (nSPS) is 11.5. The van der Waals surface area contributed by atoms with E-state index in [9.17, 15) is 12.8 Å². The molecule has 10 nitrogen and oxygen atoms in total. The van der Waals surface area contributed by atoms with E-state index in [1.54, 1.807) is 30.5 Å². The van der Waals surface area contributed by atoms with Crippen LogP contribution in [0.25, 0.3) is 33.7 Å². The molecule has 13 heteroatoms. The van der Waals surface area contributed by atoms with Crippen molar-refractivity contribution in [2.24, 2.45) is 0 Å². The van der Waals surface area contributed by atoms with Crippen molar-refractivity contribution in [1.29, 1.82) is 0 Å². The molecule has 1 aromatic carbocycles. The molecule has 3 heterocycles. The third kappa shape index (κ3) is 5.63. The van der Waals surface area contributed by atoms with Gasteiger partial charge in [0.15, 0.2) is 17.5 Å². The highest BCUT2D eigenvalue weighted by Gasteiger charge is 2.18. The van der Waals surface area contributed by atoms with E-state index >= 15 is 4.39 Å². The van der Waals surface area contributed by atoms with Gasteiger partial charge in [-0.15, -0.1) is 0 Å². The molecule has 4 aromatic rings.